The van der Waals surface area contributed by atoms with Crippen molar-refractivity contribution < 1.29 is 19.4 Å². The lowest BCUT2D eigenvalue weighted by atomic mass is 9.79. The number of nitrogens with zero attached hydrogens (tertiary/aromatic N) is 5. The molecule has 0 bridgehead atoms. The fourth-order valence-corrected chi connectivity index (χ4v) is 7.92. The van der Waals surface area contributed by atoms with Gasteiger partial charge in [0, 0.05) is 30.1 Å². The first-order chi connectivity index (χ1) is 24.3. The molecule has 2 aromatic heterocycles. The van der Waals surface area contributed by atoms with E-state index >= 15 is 0 Å². The fourth-order valence-electron chi connectivity index (χ4n) is 7.66. The number of hydrogen-bond acceptors (Lipinski definition) is 7. The molecule has 3 atom stereocenters. The third-order valence-corrected chi connectivity index (χ3v) is 10.7. The number of carbonyl (C=O) groups excluding carboxylic acids is 1. The molecule has 1 N–H and O–H groups in total. The highest BCUT2D eigenvalue weighted by Crippen LogP contribution is 2.39. The maximum atomic E-state index is 12.9. The van der Waals surface area contributed by atoms with E-state index in [0.29, 0.717) is 25.2 Å². The van der Waals surface area contributed by atoms with Gasteiger partial charge in [-0.1, -0.05) is 55.0 Å². The van der Waals surface area contributed by atoms with E-state index < -0.39 is 5.60 Å². The molecule has 10 heteroatoms. The summed E-state index contributed by atoms with van der Waals surface area (Å²) in [6.07, 6.45) is 9.58. The fraction of sp³-hybridized carbons (Fsp3) is 0.350. The van der Waals surface area contributed by atoms with E-state index in [1.54, 1.807) is 7.11 Å². The second kappa shape index (κ2) is 14.7. The molecule has 1 aliphatic heterocycles. The molecule has 0 spiro atoms. The number of ether oxygens (including phenoxy) is 2. The number of thiol groups is 1. The lowest BCUT2D eigenvalue weighted by Gasteiger charge is -2.41. The largest absolute Gasteiger partial charge is 0.497 e. The van der Waals surface area contributed by atoms with Crippen molar-refractivity contribution in [2.24, 2.45) is 11.8 Å². The topological polar surface area (TPSA) is 103 Å². The van der Waals surface area contributed by atoms with E-state index in [0.717, 1.165) is 83.5 Å². The van der Waals surface area contributed by atoms with Gasteiger partial charge in [-0.2, -0.15) is 0 Å². The number of aromatic nitrogens is 4. The van der Waals surface area contributed by atoms with Crippen molar-refractivity contribution in [1.29, 1.82) is 0 Å². The molecule has 1 amide bonds. The molecule has 50 heavy (non-hydrogen) atoms. The number of likely N-dealkylation sites (tertiary alicyclic amines) is 1. The Balaban J connectivity index is 1.15. The molecule has 258 valence electrons. The van der Waals surface area contributed by atoms with Crippen LogP contribution in [0.3, 0.4) is 0 Å². The van der Waals surface area contributed by atoms with Crippen LogP contribution in [0, 0.1) is 11.8 Å². The second-order valence-electron chi connectivity index (χ2n) is 13.6. The summed E-state index contributed by atoms with van der Waals surface area (Å²) in [6.45, 7) is 5.41. The Kier molecular flexibility index (Phi) is 9.92. The first-order valence-electron chi connectivity index (χ1n) is 17.4. The third-order valence-electron chi connectivity index (χ3n) is 10.4. The van der Waals surface area contributed by atoms with Gasteiger partial charge in [0.2, 0.25) is 0 Å². The summed E-state index contributed by atoms with van der Waals surface area (Å²) >= 11 is 4.31. The van der Waals surface area contributed by atoms with Gasteiger partial charge in [0.05, 0.1) is 24.5 Å². The van der Waals surface area contributed by atoms with Crippen LogP contribution in [0.2, 0.25) is 0 Å². The van der Waals surface area contributed by atoms with Crippen molar-refractivity contribution in [2.75, 3.05) is 13.7 Å². The number of carbonyl (C=O) groups is 1. The van der Waals surface area contributed by atoms with Gasteiger partial charge in [-0.05, 0) is 110 Å². The number of allylic oxidation sites excluding steroid dienone is 1. The molecule has 0 unspecified atom stereocenters. The van der Waals surface area contributed by atoms with E-state index in [4.69, 9.17) is 14.5 Å². The highest BCUT2D eigenvalue weighted by atomic mass is 32.1. The van der Waals surface area contributed by atoms with Crippen LogP contribution in [-0.4, -0.2) is 54.9 Å². The maximum Gasteiger partial charge on any atom is 0.278 e. The van der Waals surface area contributed by atoms with Gasteiger partial charge in [-0.15, -0.1) is 11.7 Å². The molecule has 1 saturated heterocycles. The standard InChI is InChI=1S/C40H43N5O4S/c1-3-27(25-44-26-38(42-43-44)40(47)18-7-8-19-40)29-17-20-45(39(46)50)31(21-29)22-30-23-37(41-36-16-15-34(48-2)24-35(30)36)28-11-13-33(14-12-28)49-32-9-5-4-6-10-32/h3-6,9-16,23-24,26-27,29,31,47H,1,7-8,17-22,25H2,2H3,(H,46,50)/t27-,29-,31-/m0/s1. The van der Waals surface area contributed by atoms with Gasteiger partial charge in [-0.25, -0.2) is 4.98 Å². The van der Waals surface area contributed by atoms with E-state index in [-0.39, 0.29) is 23.1 Å². The number of pyridine rings is 1. The Bertz CT molecular complexity index is 1960. The zero-order valence-corrected chi connectivity index (χ0v) is 29.2. The van der Waals surface area contributed by atoms with Crippen molar-refractivity contribution in [3.8, 4) is 28.5 Å². The summed E-state index contributed by atoms with van der Waals surface area (Å²) in [7, 11) is 1.66. The molecule has 9 nitrogen and oxygen atoms in total. The number of para-hydroxylation sites is 1. The Morgan fingerprint density at radius 2 is 1.80 bits per heavy atom. The quantitative estimate of drug-likeness (QED) is 0.106. The van der Waals surface area contributed by atoms with Gasteiger partial charge in [-0.3, -0.25) is 9.48 Å². The van der Waals surface area contributed by atoms with Crippen LogP contribution in [0.25, 0.3) is 22.2 Å². The molecule has 7 rings (SSSR count). The van der Waals surface area contributed by atoms with Crippen LogP contribution >= 0.6 is 12.6 Å². The number of aliphatic hydroxyl groups is 1. The Morgan fingerprint density at radius 3 is 2.52 bits per heavy atom. The Hall–Kier alpha value is -4.67. The monoisotopic (exact) mass is 689 g/mol. The summed E-state index contributed by atoms with van der Waals surface area (Å²) in [5.41, 5.74) is 3.52. The maximum absolute atomic E-state index is 12.9. The molecule has 5 aromatic rings. The van der Waals surface area contributed by atoms with Crippen molar-refractivity contribution in [1.82, 2.24) is 24.9 Å². The summed E-state index contributed by atoms with van der Waals surface area (Å²) in [4.78, 5) is 19.8. The van der Waals surface area contributed by atoms with E-state index in [1.165, 1.54) is 0 Å². The van der Waals surface area contributed by atoms with Gasteiger partial charge >= 0.3 is 0 Å². The van der Waals surface area contributed by atoms with Crippen molar-refractivity contribution in [3.63, 3.8) is 0 Å². The first-order valence-corrected chi connectivity index (χ1v) is 17.8. The van der Waals surface area contributed by atoms with Gasteiger partial charge < -0.3 is 19.5 Å². The molecule has 0 radical (unpaired) electrons. The van der Waals surface area contributed by atoms with Crippen LogP contribution in [0.15, 0.2) is 97.7 Å². The molecule has 3 heterocycles. The second-order valence-corrected chi connectivity index (χ2v) is 14.0. The van der Waals surface area contributed by atoms with Crippen LogP contribution in [-0.2, 0) is 18.6 Å². The van der Waals surface area contributed by atoms with Crippen molar-refractivity contribution in [2.45, 2.75) is 63.1 Å². The zero-order chi connectivity index (χ0) is 34.7. The predicted molar refractivity (Wildman–Crippen MR) is 198 cm³/mol. The summed E-state index contributed by atoms with van der Waals surface area (Å²) in [6, 6.07) is 25.7. The average molecular weight is 690 g/mol. The molecule has 1 aliphatic carbocycles. The number of methoxy groups -OCH3 is 1. The van der Waals surface area contributed by atoms with Gasteiger partial charge in [0.25, 0.3) is 5.24 Å². The van der Waals surface area contributed by atoms with Crippen LogP contribution in [0.5, 0.6) is 17.2 Å². The molecule has 2 aliphatic rings. The number of amides is 1. The molecule has 3 aromatic carbocycles. The lowest BCUT2D eigenvalue weighted by Crippen LogP contribution is -2.46. The Morgan fingerprint density at radius 1 is 1.06 bits per heavy atom. The predicted octanol–water partition coefficient (Wildman–Crippen LogP) is 8.23. The number of rotatable bonds is 11. The number of hydrogen-bond donors (Lipinski definition) is 2. The van der Waals surface area contributed by atoms with Gasteiger partial charge in [0.15, 0.2) is 0 Å². The van der Waals surface area contributed by atoms with Crippen molar-refractivity contribution >= 4 is 28.8 Å². The minimum absolute atomic E-state index is 0.0852. The highest BCUT2D eigenvalue weighted by molar-refractivity contribution is 7.96. The average Bonchev–Trinajstić information content (AvgIpc) is 3.81. The van der Waals surface area contributed by atoms with Crippen LogP contribution in [0.1, 0.15) is 49.8 Å². The van der Waals surface area contributed by atoms with E-state index in [1.807, 2.05) is 94.7 Å². The van der Waals surface area contributed by atoms with Crippen LogP contribution in [0.4, 0.5) is 4.79 Å². The zero-order valence-electron chi connectivity index (χ0n) is 28.3. The van der Waals surface area contributed by atoms with E-state index in [2.05, 4.69) is 35.6 Å². The van der Waals surface area contributed by atoms with Crippen molar-refractivity contribution in [3.05, 3.63) is 109 Å². The summed E-state index contributed by atoms with van der Waals surface area (Å²) in [5, 5.41) is 20.5. The lowest BCUT2D eigenvalue weighted by molar-refractivity contribution is 0.0398. The summed E-state index contributed by atoms with van der Waals surface area (Å²) in [5.74, 6) is 2.66. The van der Waals surface area contributed by atoms with Crippen LogP contribution < -0.4 is 9.47 Å². The number of piperidine rings is 1. The summed E-state index contributed by atoms with van der Waals surface area (Å²) < 4.78 is 13.5. The van der Waals surface area contributed by atoms with E-state index in [9.17, 15) is 9.90 Å². The van der Waals surface area contributed by atoms with Gasteiger partial charge in [0.1, 0.15) is 28.5 Å². The molecule has 2 fully saturated rings. The Labute approximate surface area is 298 Å². The number of benzene rings is 3. The normalized spacial score (nSPS) is 19.3. The SMILES string of the molecule is C=C[C@@H](Cn1cc(C2(O)CCCC2)nn1)[C@H]1CCN(C(=O)S)[C@H](Cc2cc(-c3ccc(Oc4ccccc4)cc3)nc3ccc(OC)cc23)C1. The number of fused-ring (bicyclic) bond motifs is 1. The third kappa shape index (κ3) is 7.27. The molecular weight excluding hydrogens is 647 g/mol. The highest BCUT2D eigenvalue weighted by Gasteiger charge is 2.37. The minimum Gasteiger partial charge on any atom is -0.497 e. The minimum atomic E-state index is -0.877. The first kappa shape index (κ1) is 33.8. The smallest absolute Gasteiger partial charge is 0.278 e. The molecule has 1 saturated carbocycles. The molecular formula is C40H43N5O4S.